The molecular weight excluding hydrogens is 244 g/mol. The lowest BCUT2D eigenvalue weighted by molar-refractivity contribution is -0.145. The molecule has 100 valence electrons. The van der Waals surface area contributed by atoms with Crippen molar-refractivity contribution < 1.29 is 23.4 Å². The molecule has 1 aromatic carbocycles. The third kappa shape index (κ3) is 3.75. The Hall–Kier alpha value is -1.53. The molecule has 0 amide bonds. The molecule has 0 bridgehead atoms. The first kappa shape index (κ1) is 14.5. The van der Waals surface area contributed by atoms with E-state index in [-0.39, 0.29) is 12.1 Å². The third-order valence-electron chi connectivity index (χ3n) is 2.47. The number of nitrogens with one attached hydrogen (secondary N) is 1. The molecule has 18 heavy (non-hydrogen) atoms. The molecule has 0 spiro atoms. The van der Waals surface area contributed by atoms with Crippen LogP contribution in [0.1, 0.15) is 12.5 Å². The number of hydrogen-bond acceptors (Lipinski definition) is 4. The molecule has 0 aliphatic carbocycles. The minimum atomic E-state index is -0.985. The molecule has 0 heterocycles. The molecule has 1 aromatic rings. The van der Waals surface area contributed by atoms with Crippen molar-refractivity contribution in [3.05, 3.63) is 35.4 Å². The van der Waals surface area contributed by atoms with Crippen LogP contribution in [0, 0.1) is 11.6 Å². The van der Waals surface area contributed by atoms with E-state index in [0.717, 1.165) is 12.1 Å². The van der Waals surface area contributed by atoms with Gasteiger partial charge in [0.05, 0.1) is 13.2 Å². The zero-order valence-electron chi connectivity index (χ0n) is 10.1. The zero-order chi connectivity index (χ0) is 13.7. The van der Waals surface area contributed by atoms with E-state index in [1.807, 2.05) is 0 Å². The summed E-state index contributed by atoms with van der Waals surface area (Å²) in [5.41, 5.74) is 0.200. The molecule has 2 atom stereocenters. The molecule has 0 radical (unpaired) electrons. The standard InChI is InChI=1S/C12H15F2NO3/c1-7(16)11(12(17)18-2)15-6-8-3-4-9(13)5-10(8)14/h3-5,7,11,15-16H,6H2,1-2H3/t7-,11-/m0/s1. The Morgan fingerprint density at radius 1 is 1.50 bits per heavy atom. The summed E-state index contributed by atoms with van der Waals surface area (Å²) in [6, 6.07) is 2.19. The van der Waals surface area contributed by atoms with E-state index in [4.69, 9.17) is 0 Å². The van der Waals surface area contributed by atoms with Gasteiger partial charge in [0.25, 0.3) is 0 Å². The number of methoxy groups -OCH3 is 1. The van der Waals surface area contributed by atoms with Crippen LogP contribution in [0.5, 0.6) is 0 Å². The summed E-state index contributed by atoms with van der Waals surface area (Å²) in [6.45, 7) is 1.40. The summed E-state index contributed by atoms with van der Waals surface area (Å²) >= 11 is 0. The SMILES string of the molecule is COC(=O)[C@@H](NCc1ccc(F)cc1F)[C@H](C)O. The number of rotatable bonds is 5. The maximum Gasteiger partial charge on any atom is 0.325 e. The van der Waals surface area contributed by atoms with Crippen molar-refractivity contribution in [3.63, 3.8) is 0 Å². The highest BCUT2D eigenvalue weighted by atomic mass is 19.1. The van der Waals surface area contributed by atoms with E-state index in [0.29, 0.717) is 0 Å². The molecular formula is C12H15F2NO3. The van der Waals surface area contributed by atoms with E-state index in [1.54, 1.807) is 0 Å². The Labute approximate surface area is 104 Å². The van der Waals surface area contributed by atoms with E-state index >= 15 is 0 Å². The lowest BCUT2D eigenvalue weighted by atomic mass is 10.1. The Balaban J connectivity index is 2.70. The second-order valence-corrected chi connectivity index (χ2v) is 3.86. The fourth-order valence-electron chi connectivity index (χ4n) is 1.46. The normalized spacial score (nSPS) is 14.1. The maximum atomic E-state index is 13.3. The van der Waals surface area contributed by atoms with Crippen LogP contribution in [0.2, 0.25) is 0 Å². The molecule has 2 N–H and O–H groups in total. The van der Waals surface area contributed by atoms with Crippen LogP contribution < -0.4 is 5.32 Å². The van der Waals surface area contributed by atoms with E-state index in [2.05, 4.69) is 10.1 Å². The Morgan fingerprint density at radius 2 is 2.17 bits per heavy atom. The van der Waals surface area contributed by atoms with Crippen LogP contribution in [-0.4, -0.2) is 30.3 Å². The summed E-state index contributed by atoms with van der Waals surface area (Å²) in [4.78, 5) is 11.3. The van der Waals surface area contributed by atoms with Crippen molar-refractivity contribution in [2.24, 2.45) is 0 Å². The number of aliphatic hydroxyl groups is 1. The molecule has 0 aliphatic rings. The summed E-state index contributed by atoms with van der Waals surface area (Å²) in [5, 5.41) is 12.0. The minimum absolute atomic E-state index is 0.0171. The minimum Gasteiger partial charge on any atom is -0.468 e. The summed E-state index contributed by atoms with van der Waals surface area (Å²) in [7, 11) is 1.19. The predicted octanol–water partition coefficient (Wildman–Crippen LogP) is 0.977. The number of carbonyl (C=O) groups excluding carboxylic acids is 1. The largest absolute Gasteiger partial charge is 0.468 e. The van der Waals surface area contributed by atoms with Crippen LogP contribution in [0.4, 0.5) is 8.78 Å². The second-order valence-electron chi connectivity index (χ2n) is 3.86. The van der Waals surface area contributed by atoms with Gasteiger partial charge in [-0.05, 0) is 13.0 Å². The molecule has 6 heteroatoms. The lowest BCUT2D eigenvalue weighted by Gasteiger charge is -2.19. The van der Waals surface area contributed by atoms with E-state index in [1.165, 1.54) is 20.1 Å². The van der Waals surface area contributed by atoms with Crippen molar-refractivity contribution in [1.82, 2.24) is 5.32 Å². The summed E-state index contributed by atoms with van der Waals surface area (Å²) < 4.78 is 30.5. The van der Waals surface area contributed by atoms with Crippen LogP contribution in [0.15, 0.2) is 18.2 Å². The molecule has 4 nitrogen and oxygen atoms in total. The van der Waals surface area contributed by atoms with Gasteiger partial charge >= 0.3 is 5.97 Å². The van der Waals surface area contributed by atoms with Gasteiger partial charge in [-0.2, -0.15) is 0 Å². The van der Waals surface area contributed by atoms with Gasteiger partial charge in [-0.3, -0.25) is 10.1 Å². The van der Waals surface area contributed by atoms with Crippen LogP contribution in [-0.2, 0) is 16.1 Å². The van der Waals surface area contributed by atoms with Crippen molar-refractivity contribution in [2.45, 2.75) is 25.6 Å². The Bertz CT molecular complexity index is 424. The molecule has 0 fully saturated rings. The van der Waals surface area contributed by atoms with Crippen LogP contribution in [0.25, 0.3) is 0 Å². The van der Waals surface area contributed by atoms with Crippen LogP contribution in [0.3, 0.4) is 0 Å². The van der Waals surface area contributed by atoms with Crippen molar-refractivity contribution in [1.29, 1.82) is 0 Å². The molecule has 0 unspecified atom stereocenters. The number of ether oxygens (including phenoxy) is 1. The lowest BCUT2D eigenvalue weighted by Crippen LogP contribution is -2.45. The van der Waals surface area contributed by atoms with E-state index < -0.39 is 29.7 Å². The predicted molar refractivity (Wildman–Crippen MR) is 60.7 cm³/mol. The average Bonchev–Trinajstić information content (AvgIpc) is 2.31. The number of carbonyl (C=O) groups is 1. The van der Waals surface area contributed by atoms with Gasteiger partial charge < -0.3 is 9.84 Å². The van der Waals surface area contributed by atoms with Gasteiger partial charge in [0, 0.05) is 18.2 Å². The Kier molecular flexibility index (Phi) is 5.18. The first-order valence-corrected chi connectivity index (χ1v) is 5.39. The topological polar surface area (TPSA) is 58.6 Å². The number of halogens is 2. The van der Waals surface area contributed by atoms with Gasteiger partial charge in [-0.25, -0.2) is 8.78 Å². The quantitative estimate of drug-likeness (QED) is 0.774. The van der Waals surface area contributed by atoms with Gasteiger partial charge in [0.1, 0.15) is 17.7 Å². The Morgan fingerprint density at radius 3 is 2.67 bits per heavy atom. The van der Waals surface area contributed by atoms with Crippen LogP contribution >= 0.6 is 0 Å². The number of aliphatic hydroxyl groups excluding tert-OH is 1. The zero-order valence-corrected chi connectivity index (χ0v) is 10.1. The number of hydrogen-bond donors (Lipinski definition) is 2. The molecule has 0 aromatic heterocycles. The number of benzene rings is 1. The molecule has 0 saturated carbocycles. The van der Waals surface area contributed by atoms with Gasteiger partial charge in [-0.15, -0.1) is 0 Å². The molecule has 0 aliphatic heterocycles. The van der Waals surface area contributed by atoms with E-state index in [9.17, 15) is 18.7 Å². The smallest absolute Gasteiger partial charge is 0.325 e. The number of esters is 1. The second kappa shape index (κ2) is 6.42. The summed E-state index contributed by atoms with van der Waals surface area (Å²) in [6.07, 6.45) is -0.985. The first-order valence-electron chi connectivity index (χ1n) is 5.39. The van der Waals surface area contributed by atoms with Gasteiger partial charge in [0.15, 0.2) is 0 Å². The fraction of sp³-hybridized carbons (Fsp3) is 0.417. The highest BCUT2D eigenvalue weighted by Gasteiger charge is 2.24. The van der Waals surface area contributed by atoms with Gasteiger partial charge in [-0.1, -0.05) is 6.07 Å². The fourth-order valence-corrected chi connectivity index (χ4v) is 1.46. The highest BCUT2D eigenvalue weighted by Crippen LogP contribution is 2.10. The maximum absolute atomic E-state index is 13.3. The first-order chi connectivity index (χ1) is 8.45. The van der Waals surface area contributed by atoms with Crippen molar-refractivity contribution in [2.75, 3.05) is 7.11 Å². The summed E-state index contributed by atoms with van der Waals surface area (Å²) in [5.74, 6) is -2.03. The monoisotopic (exact) mass is 259 g/mol. The highest BCUT2D eigenvalue weighted by molar-refractivity contribution is 5.76. The molecule has 1 rings (SSSR count). The van der Waals surface area contributed by atoms with Gasteiger partial charge in [0.2, 0.25) is 0 Å². The van der Waals surface area contributed by atoms with Crippen molar-refractivity contribution in [3.8, 4) is 0 Å². The van der Waals surface area contributed by atoms with Crippen molar-refractivity contribution >= 4 is 5.97 Å². The molecule has 0 saturated heterocycles. The average molecular weight is 259 g/mol. The third-order valence-corrected chi connectivity index (χ3v) is 2.47.